The topological polar surface area (TPSA) is 31.4 Å². The van der Waals surface area contributed by atoms with Crippen LogP contribution in [0.5, 0.6) is 17.4 Å². The maximum absolute atomic E-state index is 12.6. The van der Waals surface area contributed by atoms with Gasteiger partial charge in [-0.2, -0.15) is 13.2 Å². The predicted molar refractivity (Wildman–Crippen MR) is 95.8 cm³/mol. The molecule has 0 bridgehead atoms. The predicted octanol–water partition coefficient (Wildman–Crippen LogP) is 7.21. The number of ether oxygens (including phenoxy) is 2. The molecule has 0 aliphatic rings. The van der Waals surface area contributed by atoms with E-state index in [0.717, 1.165) is 6.07 Å². The largest absolute Gasteiger partial charge is 0.489 e. The van der Waals surface area contributed by atoms with Crippen molar-refractivity contribution in [3.8, 4) is 17.4 Å². The van der Waals surface area contributed by atoms with Crippen LogP contribution in [-0.4, -0.2) is 11.6 Å². The van der Waals surface area contributed by atoms with Crippen molar-refractivity contribution in [2.24, 2.45) is 0 Å². The Morgan fingerprint density at radius 1 is 1.12 bits per heavy atom. The normalized spacial score (nSPS) is 11.2. The molecule has 0 saturated carbocycles. The molecule has 1 aromatic carbocycles. The molecule has 0 saturated heterocycles. The third-order valence-corrected chi connectivity index (χ3v) is 3.92. The van der Waals surface area contributed by atoms with Gasteiger partial charge in [0.25, 0.3) is 0 Å². The standard InChI is InChI=1S/C16H10Cl4F3NO2/c1-8-4-13(10(17)6-12(8)25-3-2-14(19)20)26-15-11(18)5-9(7-24-15)16(21,22)23/h2,4-7H,3H2,1H3. The fourth-order valence-electron chi connectivity index (χ4n) is 1.82. The number of pyridine rings is 1. The number of aryl methyl sites for hydroxylation is 1. The van der Waals surface area contributed by atoms with E-state index in [1.54, 1.807) is 13.0 Å². The number of rotatable bonds is 5. The lowest BCUT2D eigenvalue weighted by atomic mass is 10.2. The molecule has 3 nitrogen and oxygen atoms in total. The third kappa shape index (κ3) is 5.58. The van der Waals surface area contributed by atoms with Crippen LogP contribution in [0.2, 0.25) is 10.0 Å². The van der Waals surface area contributed by atoms with Gasteiger partial charge in [0.1, 0.15) is 27.6 Å². The number of benzene rings is 1. The third-order valence-electron chi connectivity index (χ3n) is 3.05. The maximum atomic E-state index is 12.6. The van der Waals surface area contributed by atoms with E-state index in [1.807, 2.05) is 0 Å². The number of hydrogen-bond donors (Lipinski definition) is 0. The molecule has 1 aromatic heterocycles. The molecule has 10 heteroatoms. The molecule has 0 amide bonds. The zero-order valence-corrected chi connectivity index (χ0v) is 16.0. The van der Waals surface area contributed by atoms with Crippen LogP contribution in [0.4, 0.5) is 13.2 Å². The minimum Gasteiger partial charge on any atom is -0.489 e. The van der Waals surface area contributed by atoms with Gasteiger partial charge in [-0.15, -0.1) is 0 Å². The van der Waals surface area contributed by atoms with Crippen LogP contribution in [0.15, 0.2) is 35.0 Å². The van der Waals surface area contributed by atoms with E-state index in [2.05, 4.69) is 4.98 Å². The SMILES string of the molecule is Cc1cc(Oc2ncc(C(F)(F)F)cc2Cl)c(Cl)cc1OCC=C(Cl)Cl. The van der Waals surface area contributed by atoms with Gasteiger partial charge < -0.3 is 9.47 Å². The highest BCUT2D eigenvalue weighted by molar-refractivity contribution is 6.55. The van der Waals surface area contributed by atoms with Crippen LogP contribution in [0.25, 0.3) is 0 Å². The van der Waals surface area contributed by atoms with Crippen LogP contribution in [0.3, 0.4) is 0 Å². The molecule has 0 atom stereocenters. The Morgan fingerprint density at radius 3 is 2.38 bits per heavy atom. The number of halogens is 7. The van der Waals surface area contributed by atoms with E-state index in [0.29, 0.717) is 17.5 Å². The van der Waals surface area contributed by atoms with Crippen molar-refractivity contribution in [3.63, 3.8) is 0 Å². The van der Waals surface area contributed by atoms with Crippen molar-refractivity contribution in [2.75, 3.05) is 6.61 Å². The lowest BCUT2D eigenvalue weighted by Crippen LogP contribution is -2.06. The molecule has 0 fully saturated rings. The molecule has 1 heterocycles. The number of hydrogen-bond acceptors (Lipinski definition) is 3. The van der Waals surface area contributed by atoms with Crippen molar-refractivity contribution in [1.82, 2.24) is 4.98 Å². The molecule has 0 unspecified atom stereocenters. The zero-order chi connectivity index (χ0) is 19.5. The highest BCUT2D eigenvalue weighted by Gasteiger charge is 2.31. The molecule has 140 valence electrons. The summed E-state index contributed by atoms with van der Waals surface area (Å²) >= 11 is 22.9. The first kappa shape index (κ1) is 21.0. The first-order valence-corrected chi connectivity index (χ1v) is 8.44. The van der Waals surface area contributed by atoms with Gasteiger partial charge in [0.05, 0.1) is 10.6 Å². The molecule has 0 aliphatic heterocycles. The highest BCUT2D eigenvalue weighted by Crippen LogP contribution is 2.38. The first-order chi connectivity index (χ1) is 12.1. The summed E-state index contributed by atoms with van der Waals surface area (Å²) in [6.45, 7) is 1.86. The molecule has 0 spiro atoms. The lowest BCUT2D eigenvalue weighted by molar-refractivity contribution is -0.137. The maximum Gasteiger partial charge on any atom is 0.417 e. The summed E-state index contributed by atoms with van der Waals surface area (Å²) < 4.78 is 48.9. The second-order valence-corrected chi connectivity index (χ2v) is 6.79. The molecular formula is C16H10Cl4F3NO2. The Morgan fingerprint density at radius 2 is 1.81 bits per heavy atom. The summed E-state index contributed by atoms with van der Waals surface area (Å²) in [7, 11) is 0. The fourth-order valence-corrected chi connectivity index (χ4v) is 2.35. The molecule has 2 aromatic rings. The average Bonchev–Trinajstić information content (AvgIpc) is 2.52. The molecule has 2 rings (SSSR count). The molecule has 0 radical (unpaired) electrons. The average molecular weight is 447 g/mol. The Bertz CT molecular complexity index is 837. The van der Waals surface area contributed by atoms with Crippen molar-refractivity contribution in [1.29, 1.82) is 0 Å². The van der Waals surface area contributed by atoms with Crippen LogP contribution in [0, 0.1) is 6.92 Å². The molecule has 0 aliphatic carbocycles. The minimum atomic E-state index is -4.55. The second kappa shape index (κ2) is 8.57. The summed E-state index contributed by atoms with van der Waals surface area (Å²) in [5, 5.41) is -0.139. The lowest BCUT2D eigenvalue weighted by Gasteiger charge is -2.13. The smallest absolute Gasteiger partial charge is 0.417 e. The van der Waals surface area contributed by atoms with Gasteiger partial charge >= 0.3 is 6.18 Å². The summed E-state index contributed by atoms with van der Waals surface area (Å²) in [6, 6.07) is 3.75. The Balaban J connectivity index is 2.22. The van der Waals surface area contributed by atoms with Crippen LogP contribution < -0.4 is 9.47 Å². The minimum absolute atomic E-state index is 0.0664. The van der Waals surface area contributed by atoms with E-state index in [4.69, 9.17) is 55.9 Å². The Labute approximate surface area is 167 Å². The summed E-state index contributed by atoms with van der Waals surface area (Å²) in [6.07, 6.45) is -2.47. The van der Waals surface area contributed by atoms with Gasteiger partial charge in [0, 0.05) is 12.3 Å². The molecule has 26 heavy (non-hydrogen) atoms. The summed E-state index contributed by atoms with van der Waals surface area (Å²) in [4.78, 5) is 3.60. The van der Waals surface area contributed by atoms with Crippen LogP contribution >= 0.6 is 46.4 Å². The van der Waals surface area contributed by atoms with Gasteiger partial charge in [-0.25, -0.2) is 4.98 Å². The van der Waals surface area contributed by atoms with Crippen LogP contribution in [0.1, 0.15) is 11.1 Å². The quantitative estimate of drug-likeness (QED) is 0.486. The van der Waals surface area contributed by atoms with Gasteiger partial charge in [-0.05, 0) is 30.7 Å². The number of nitrogens with zero attached hydrogens (tertiary/aromatic N) is 1. The van der Waals surface area contributed by atoms with Gasteiger partial charge in [0.2, 0.25) is 5.88 Å². The second-order valence-electron chi connectivity index (χ2n) is 4.96. The van der Waals surface area contributed by atoms with Crippen molar-refractivity contribution < 1.29 is 22.6 Å². The first-order valence-electron chi connectivity index (χ1n) is 6.92. The highest BCUT2D eigenvalue weighted by atomic mass is 35.5. The monoisotopic (exact) mass is 445 g/mol. The van der Waals surface area contributed by atoms with Gasteiger partial charge in [-0.1, -0.05) is 46.4 Å². The van der Waals surface area contributed by atoms with E-state index in [9.17, 15) is 13.2 Å². The van der Waals surface area contributed by atoms with Crippen molar-refractivity contribution in [2.45, 2.75) is 13.1 Å². The van der Waals surface area contributed by atoms with E-state index in [-0.39, 0.29) is 32.8 Å². The Hall–Kier alpha value is -1.34. The number of alkyl halides is 3. The van der Waals surface area contributed by atoms with Crippen molar-refractivity contribution in [3.05, 3.63) is 56.1 Å². The van der Waals surface area contributed by atoms with Gasteiger partial charge in [0.15, 0.2) is 0 Å². The van der Waals surface area contributed by atoms with E-state index in [1.165, 1.54) is 12.1 Å². The summed E-state index contributed by atoms with van der Waals surface area (Å²) in [5.74, 6) is 0.419. The van der Waals surface area contributed by atoms with Crippen molar-refractivity contribution >= 4 is 46.4 Å². The van der Waals surface area contributed by atoms with E-state index < -0.39 is 11.7 Å². The fraction of sp³-hybridized carbons (Fsp3) is 0.188. The Kier molecular flexibility index (Phi) is 6.91. The summed E-state index contributed by atoms with van der Waals surface area (Å²) in [5.41, 5.74) is -0.321. The zero-order valence-electron chi connectivity index (χ0n) is 13.0. The number of aromatic nitrogens is 1. The van der Waals surface area contributed by atoms with Gasteiger partial charge in [-0.3, -0.25) is 0 Å². The van der Waals surface area contributed by atoms with E-state index >= 15 is 0 Å². The van der Waals surface area contributed by atoms with Crippen LogP contribution in [-0.2, 0) is 6.18 Å². The molecular weight excluding hydrogens is 437 g/mol. The molecule has 0 N–H and O–H groups in total.